The first kappa shape index (κ1) is 35.1. The van der Waals surface area contributed by atoms with Crippen LogP contribution in [0.1, 0.15) is 48.5 Å². The highest BCUT2D eigenvalue weighted by Crippen LogP contribution is 2.27. The molecule has 0 saturated carbocycles. The molecule has 0 unspecified atom stereocenters. The molecule has 3 aromatic rings. The first-order valence-electron chi connectivity index (χ1n) is 15.8. The first-order chi connectivity index (χ1) is 22.8. The van der Waals surface area contributed by atoms with Gasteiger partial charge >= 0.3 is 17.9 Å². The molecule has 47 heavy (non-hydrogen) atoms. The minimum absolute atomic E-state index is 0.152. The van der Waals surface area contributed by atoms with Gasteiger partial charge in [0.2, 0.25) is 0 Å². The number of benzene rings is 3. The van der Waals surface area contributed by atoms with E-state index in [4.69, 9.17) is 28.4 Å². The molecule has 0 bridgehead atoms. The van der Waals surface area contributed by atoms with Crippen molar-refractivity contribution >= 4 is 24.0 Å². The molecule has 248 valence electrons. The van der Waals surface area contributed by atoms with E-state index in [1.807, 2.05) is 36.4 Å². The van der Waals surface area contributed by atoms with Gasteiger partial charge in [0.15, 0.2) is 0 Å². The van der Waals surface area contributed by atoms with Crippen LogP contribution in [0.3, 0.4) is 0 Å². The Labute approximate surface area is 276 Å². The van der Waals surface area contributed by atoms with Crippen molar-refractivity contribution in [2.24, 2.45) is 5.41 Å². The van der Waals surface area contributed by atoms with Crippen LogP contribution in [-0.2, 0) is 28.5 Å². The number of rotatable bonds is 19. The summed E-state index contributed by atoms with van der Waals surface area (Å²) in [6, 6.07) is 21.8. The normalized spacial score (nSPS) is 13.4. The maximum atomic E-state index is 12.6. The molecule has 0 aliphatic carbocycles. The lowest BCUT2D eigenvalue weighted by Crippen LogP contribution is -2.43. The highest BCUT2D eigenvalue weighted by molar-refractivity contribution is 5.91. The zero-order chi connectivity index (χ0) is 33.3. The summed E-state index contributed by atoms with van der Waals surface area (Å²) in [6.45, 7) is 9.50. The summed E-state index contributed by atoms with van der Waals surface area (Å²) in [5.41, 5.74) is 3.37. The largest absolute Gasteiger partial charge is 0.494 e. The molecule has 0 radical (unpaired) electrons. The van der Waals surface area contributed by atoms with Gasteiger partial charge in [-0.3, -0.25) is 0 Å². The summed E-state index contributed by atoms with van der Waals surface area (Å²) >= 11 is 0. The Morgan fingerprint density at radius 2 is 1.32 bits per heavy atom. The SMILES string of the molecule is C=CC(=O)OCCCCOc1ccc(C(=O)Oc2ccc(-c3ccc(C=CC(=O)OCCCCOCC4(C)COC4)cc3)cc2)cc1. The number of hydrogen-bond donors (Lipinski definition) is 0. The highest BCUT2D eigenvalue weighted by Gasteiger charge is 2.33. The number of ether oxygens (including phenoxy) is 6. The Balaban J connectivity index is 1.13. The molecule has 4 rings (SSSR count). The van der Waals surface area contributed by atoms with Crippen molar-refractivity contribution in [2.45, 2.75) is 32.6 Å². The summed E-state index contributed by atoms with van der Waals surface area (Å²) in [6.07, 6.45) is 7.28. The number of unbranched alkanes of at least 4 members (excludes halogenated alkanes) is 2. The number of carbonyl (C=O) groups excluding carboxylic acids is 3. The highest BCUT2D eigenvalue weighted by atomic mass is 16.5. The predicted molar refractivity (Wildman–Crippen MR) is 178 cm³/mol. The molecule has 1 fully saturated rings. The van der Waals surface area contributed by atoms with Gasteiger partial charge in [-0.15, -0.1) is 0 Å². The molecule has 1 saturated heterocycles. The maximum Gasteiger partial charge on any atom is 0.343 e. The molecule has 1 heterocycles. The van der Waals surface area contributed by atoms with Crippen LogP contribution in [0.4, 0.5) is 0 Å². The second kappa shape index (κ2) is 18.4. The van der Waals surface area contributed by atoms with Crippen LogP contribution in [-0.4, -0.2) is 64.2 Å². The van der Waals surface area contributed by atoms with Crippen LogP contribution in [0.15, 0.2) is 91.5 Å². The van der Waals surface area contributed by atoms with Gasteiger partial charge in [-0.25, -0.2) is 14.4 Å². The summed E-state index contributed by atoms with van der Waals surface area (Å²) in [7, 11) is 0. The van der Waals surface area contributed by atoms with Crippen molar-refractivity contribution < 1.29 is 42.8 Å². The second-order valence-corrected chi connectivity index (χ2v) is 11.6. The van der Waals surface area contributed by atoms with Crippen LogP contribution < -0.4 is 9.47 Å². The van der Waals surface area contributed by atoms with Gasteiger partial charge in [0.1, 0.15) is 11.5 Å². The van der Waals surface area contributed by atoms with Gasteiger partial charge in [-0.1, -0.05) is 49.9 Å². The fraction of sp³-hybridized carbons (Fsp3) is 0.342. The third kappa shape index (κ3) is 12.2. The van der Waals surface area contributed by atoms with Crippen molar-refractivity contribution in [2.75, 3.05) is 46.2 Å². The van der Waals surface area contributed by atoms with Gasteiger partial charge in [0.05, 0.1) is 45.2 Å². The Morgan fingerprint density at radius 1 is 0.745 bits per heavy atom. The molecule has 0 spiro atoms. The Kier molecular flexibility index (Phi) is 13.8. The smallest absolute Gasteiger partial charge is 0.343 e. The topological polar surface area (TPSA) is 107 Å². The van der Waals surface area contributed by atoms with Gasteiger partial charge in [-0.2, -0.15) is 0 Å². The second-order valence-electron chi connectivity index (χ2n) is 11.6. The molecule has 9 heteroatoms. The van der Waals surface area contributed by atoms with Crippen LogP contribution in [0.2, 0.25) is 0 Å². The standard InChI is InChI=1S/C38H42O9/c1-3-35(39)45-24-7-6-23-44-33-17-15-32(16-18-33)37(41)47-34-19-13-31(14-20-34)30-11-8-29(9-12-30)10-21-36(40)46-25-5-4-22-42-26-38(2)27-43-28-38/h3,8-21H,1,4-7,22-28H2,2H3. The fourth-order valence-corrected chi connectivity index (χ4v) is 4.52. The van der Waals surface area contributed by atoms with E-state index in [-0.39, 0.29) is 11.4 Å². The molecular weight excluding hydrogens is 600 g/mol. The predicted octanol–water partition coefficient (Wildman–Crippen LogP) is 6.85. The Hall–Kier alpha value is -4.73. The molecule has 1 aliphatic rings. The number of esters is 3. The molecular formula is C38H42O9. The molecule has 0 N–H and O–H groups in total. The van der Waals surface area contributed by atoms with E-state index in [9.17, 15) is 14.4 Å². The van der Waals surface area contributed by atoms with Crippen LogP contribution in [0, 0.1) is 5.41 Å². The van der Waals surface area contributed by atoms with Gasteiger partial charge in [0, 0.05) is 24.2 Å². The lowest BCUT2D eigenvalue weighted by Gasteiger charge is -2.37. The molecule has 1 aliphatic heterocycles. The van der Waals surface area contributed by atoms with Gasteiger partial charge in [0.25, 0.3) is 0 Å². The van der Waals surface area contributed by atoms with Crippen molar-refractivity contribution in [1.82, 2.24) is 0 Å². The van der Waals surface area contributed by atoms with Crippen molar-refractivity contribution in [1.29, 1.82) is 0 Å². The third-order valence-electron chi connectivity index (χ3n) is 7.31. The van der Waals surface area contributed by atoms with E-state index in [2.05, 4.69) is 13.5 Å². The van der Waals surface area contributed by atoms with Crippen LogP contribution in [0.5, 0.6) is 11.5 Å². The average molecular weight is 643 g/mol. The van der Waals surface area contributed by atoms with Gasteiger partial charge in [-0.05, 0) is 84.8 Å². The van der Waals surface area contributed by atoms with Gasteiger partial charge < -0.3 is 28.4 Å². The minimum atomic E-state index is -0.471. The fourth-order valence-electron chi connectivity index (χ4n) is 4.52. The lowest BCUT2D eigenvalue weighted by atomic mass is 9.90. The zero-order valence-corrected chi connectivity index (χ0v) is 26.8. The summed E-state index contributed by atoms with van der Waals surface area (Å²) < 4.78 is 32.3. The Bertz CT molecular complexity index is 1470. The first-order valence-corrected chi connectivity index (χ1v) is 15.8. The number of hydrogen-bond acceptors (Lipinski definition) is 9. The van der Waals surface area contributed by atoms with Crippen molar-refractivity contribution in [3.8, 4) is 22.6 Å². The molecule has 3 aromatic carbocycles. The van der Waals surface area contributed by atoms with E-state index in [0.29, 0.717) is 56.5 Å². The van der Waals surface area contributed by atoms with E-state index >= 15 is 0 Å². The van der Waals surface area contributed by atoms with E-state index < -0.39 is 11.9 Å². The van der Waals surface area contributed by atoms with E-state index in [1.54, 1.807) is 42.5 Å². The molecule has 9 nitrogen and oxygen atoms in total. The zero-order valence-electron chi connectivity index (χ0n) is 26.8. The summed E-state index contributed by atoms with van der Waals surface area (Å²) in [5, 5.41) is 0. The molecule has 0 amide bonds. The lowest BCUT2D eigenvalue weighted by molar-refractivity contribution is -0.140. The van der Waals surface area contributed by atoms with Crippen molar-refractivity contribution in [3.63, 3.8) is 0 Å². The van der Waals surface area contributed by atoms with E-state index in [0.717, 1.165) is 55.2 Å². The minimum Gasteiger partial charge on any atom is -0.494 e. The molecule has 0 aromatic heterocycles. The van der Waals surface area contributed by atoms with Crippen LogP contribution in [0.25, 0.3) is 17.2 Å². The number of carbonyl (C=O) groups is 3. The monoisotopic (exact) mass is 642 g/mol. The van der Waals surface area contributed by atoms with Crippen LogP contribution >= 0.6 is 0 Å². The quantitative estimate of drug-likeness (QED) is 0.0601. The summed E-state index contributed by atoms with van der Waals surface area (Å²) in [5.74, 6) is -0.217. The Morgan fingerprint density at radius 3 is 1.94 bits per heavy atom. The van der Waals surface area contributed by atoms with Crippen molar-refractivity contribution in [3.05, 3.63) is 103 Å². The average Bonchev–Trinajstić information content (AvgIpc) is 3.08. The van der Waals surface area contributed by atoms with E-state index in [1.165, 1.54) is 6.08 Å². The maximum absolute atomic E-state index is 12.6. The third-order valence-corrected chi connectivity index (χ3v) is 7.31. The molecule has 0 atom stereocenters. The summed E-state index contributed by atoms with van der Waals surface area (Å²) in [4.78, 5) is 35.7.